The first-order valence-electron chi connectivity index (χ1n) is 8.08. The SMILES string of the molecule is Cc1nc(Nc2cccc(F)c2)cc(N(C)CCc2ccncc2)n1. The highest BCUT2D eigenvalue weighted by Gasteiger charge is 2.08. The largest absolute Gasteiger partial charge is 0.359 e. The molecule has 0 bridgehead atoms. The van der Waals surface area contributed by atoms with Crippen molar-refractivity contribution in [2.45, 2.75) is 13.3 Å². The van der Waals surface area contributed by atoms with Gasteiger partial charge in [-0.05, 0) is 49.2 Å². The van der Waals surface area contributed by atoms with Crippen molar-refractivity contribution in [3.8, 4) is 0 Å². The van der Waals surface area contributed by atoms with Gasteiger partial charge in [0.2, 0.25) is 0 Å². The molecule has 0 amide bonds. The lowest BCUT2D eigenvalue weighted by Gasteiger charge is -2.19. The first-order valence-corrected chi connectivity index (χ1v) is 8.08. The highest BCUT2D eigenvalue weighted by atomic mass is 19.1. The van der Waals surface area contributed by atoms with Crippen molar-refractivity contribution in [2.75, 3.05) is 23.8 Å². The molecule has 1 aromatic carbocycles. The van der Waals surface area contributed by atoms with Crippen LogP contribution in [0.25, 0.3) is 0 Å². The van der Waals surface area contributed by atoms with Crippen molar-refractivity contribution in [1.29, 1.82) is 0 Å². The van der Waals surface area contributed by atoms with Crippen LogP contribution in [0, 0.1) is 12.7 Å². The maximum absolute atomic E-state index is 13.3. The summed E-state index contributed by atoms with van der Waals surface area (Å²) >= 11 is 0. The van der Waals surface area contributed by atoms with Crippen molar-refractivity contribution in [2.24, 2.45) is 0 Å². The molecule has 0 aliphatic heterocycles. The zero-order valence-corrected chi connectivity index (χ0v) is 14.3. The van der Waals surface area contributed by atoms with Crippen LogP contribution in [0.4, 0.5) is 21.7 Å². The fourth-order valence-electron chi connectivity index (χ4n) is 2.49. The molecule has 0 saturated carbocycles. The Labute approximate surface area is 146 Å². The number of halogens is 1. The fourth-order valence-corrected chi connectivity index (χ4v) is 2.49. The zero-order chi connectivity index (χ0) is 17.6. The van der Waals surface area contributed by atoms with E-state index < -0.39 is 0 Å². The van der Waals surface area contributed by atoms with Crippen LogP contribution in [-0.2, 0) is 6.42 Å². The molecule has 0 atom stereocenters. The molecule has 0 aliphatic carbocycles. The molecule has 2 heterocycles. The second kappa shape index (κ2) is 7.70. The van der Waals surface area contributed by atoms with Crippen molar-refractivity contribution in [3.63, 3.8) is 0 Å². The molecule has 0 spiro atoms. The van der Waals surface area contributed by atoms with E-state index in [0.717, 1.165) is 18.8 Å². The Bertz CT molecular complexity index is 838. The van der Waals surface area contributed by atoms with E-state index in [1.807, 2.05) is 32.2 Å². The molecule has 3 aromatic rings. The summed E-state index contributed by atoms with van der Waals surface area (Å²) in [6.45, 7) is 2.66. The number of aryl methyl sites for hydroxylation is 1. The zero-order valence-electron chi connectivity index (χ0n) is 14.3. The summed E-state index contributed by atoms with van der Waals surface area (Å²) in [5, 5.41) is 3.13. The van der Waals surface area contributed by atoms with Gasteiger partial charge in [-0.15, -0.1) is 0 Å². The van der Waals surface area contributed by atoms with E-state index in [-0.39, 0.29) is 5.82 Å². The molecule has 0 saturated heterocycles. The molecule has 5 nitrogen and oxygen atoms in total. The number of hydrogen-bond donors (Lipinski definition) is 1. The number of aromatic nitrogens is 3. The maximum atomic E-state index is 13.3. The van der Waals surface area contributed by atoms with Crippen LogP contribution in [0.3, 0.4) is 0 Å². The summed E-state index contributed by atoms with van der Waals surface area (Å²) in [4.78, 5) is 15.0. The summed E-state index contributed by atoms with van der Waals surface area (Å²) in [6.07, 6.45) is 4.49. The summed E-state index contributed by atoms with van der Waals surface area (Å²) in [7, 11) is 1.99. The van der Waals surface area contributed by atoms with Crippen LogP contribution in [-0.4, -0.2) is 28.5 Å². The number of hydrogen-bond acceptors (Lipinski definition) is 5. The lowest BCUT2D eigenvalue weighted by Crippen LogP contribution is -2.22. The topological polar surface area (TPSA) is 53.9 Å². The van der Waals surface area contributed by atoms with E-state index in [1.54, 1.807) is 24.5 Å². The number of pyridine rings is 1. The quantitative estimate of drug-likeness (QED) is 0.742. The minimum Gasteiger partial charge on any atom is -0.359 e. The molecular weight excluding hydrogens is 317 g/mol. The molecule has 128 valence electrons. The number of rotatable bonds is 6. The second-order valence-corrected chi connectivity index (χ2v) is 5.82. The van der Waals surface area contributed by atoms with Crippen LogP contribution in [0.15, 0.2) is 54.9 Å². The van der Waals surface area contributed by atoms with Crippen LogP contribution < -0.4 is 10.2 Å². The van der Waals surface area contributed by atoms with Crippen molar-refractivity contribution >= 4 is 17.3 Å². The first kappa shape index (κ1) is 16.8. The van der Waals surface area contributed by atoms with E-state index in [9.17, 15) is 4.39 Å². The molecule has 25 heavy (non-hydrogen) atoms. The van der Waals surface area contributed by atoms with Gasteiger partial charge >= 0.3 is 0 Å². The van der Waals surface area contributed by atoms with E-state index in [2.05, 4.69) is 25.2 Å². The minimum atomic E-state index is -0.287. The third-order valence-electron chi connectivity index (χ3n) is 3.80. The van der Waals surface area contributed by atoms with Gasteiger partial charge < -0.3 is 10.2 Å². The molecule has 0 fully saturated rings. The number of likely N-dealkylation sites (N-methyl/N-ethyl adjacent to an activating group) is 1. The Morgan fingerprint density at radius 2 is 1.88 bits per heavy atom. The summed E-state index contributed by atoms with van der Waals surface area (Å²) in [5.41, 5.74) is 1.88. The van der Waals surface area contributed by atoms with Crippen LogP contribution >= 0.6 is 0 Å². The van der Waals surface area contributed by atoms with E-state index in [0.29, 0.717) is 17.3 Å². The Balaban J connectivity index is 1.72. The normalized spacial score (nSPS) is 10.5. The van der Waals surface area contributed by atoms with Crippen molar-refractivity contribution in [1.82, 2.24) is 15.0 Å². The van der Waals surface area contributed by atoms with Crippen molar-refractivity contribution in [3.05, 3.63) is 72.1 Å². The second-order valence-electron chi connectivity index (χ2n) is 5.82. The van der Waals surface area contributed by atoms with E-state index in [1.165, 1.54) is 17.7 Å². The Morgan fingerprint density at radius 1 is 1.08 bits per heavy atom. The van der Waals surface area contributed by atoms with Gasteiger partial charge in [-0.3, -0.25) is 4.98 Å². The van der Waals surface area contributed by atoms with E-state index in [4.69, 9.17) is 0 Å². The van der Waals surface area contributed by atoms with Crippen LogP contribution in [0.1, 0.15) is 11.4 Å². The predicted octanol–water partition coefficient (Wildman–Crippen LogP) is 3.74. The Hall–Kier alpha value is -3.02. The minimum absolute atomic E-state index is 0.287. The lowest BCUT2D eigenvalue weighted by molar-refractivity contribution is 0.628. The number of anilines is 3. The van der Waals surface area contributed by atoms with Gasteiger partial charge in [0.1, 0.15) is 23.3 Å². The third-order valence-corrected chi connectivity index (χ3v) is 3.80. The van der Waals surface area contributed by atoms with Gasteiger partial charge in [0, 0.05) is 37.7 Å². The van der Waals surface area contributed by atoms with Crippen LogP contribution in [0.2, 0.25) is 0 Å². The molecular formula is C19H20FN5. The average Bonchev–Trinajstić information content (AvgIpc) is 2.60. The molecule has 0 radical (unpaired) electrons. The van der Waals surface area contributed by atoms with Gasteiger partial charge in [0.05, 0.1) is 0 Å². The number of nitrogens with one attached hydrogen (secondary N) is 1. The maximum Gasteiger partial charge on any atom is 0.136 e. The van der Waals surface area contributed by atoms with Gasteiger partial charge in [0.25, 0.3) is 0 Å². The predicted molar refractivity (Wildman–Crippen MR) is 97.7 cm³/mol. The molecule has 3 rings (SSSR count). The van der Waals surface area contributed by atoms with Gasteiger partial charge in [-0.1, -0.05) is 6.07 Å². The molecule has 1 N–H and O–H groups in total. The molecule has 0 unspecified atom stereocenters. The van der Waals surface area contributed by atoms with E-state index >= 15 is 0 Å². The van der Waals surface area contributed by atoms with Crippen LogP contribution in [0.5, 0.6) is 0 Å². The number of nitrogens with zero attached hydrogens (tertiary/aromatic N) is 4. The summed E-state index contributed by atoms with van der Waals surface area (Å²) in [5.74, 6) is 1.84. The molecule has 0 aliphatic rings. The molecule has 2 aromatic heterocycles. The Morgan fingerprint density at radius 3 is 2.64 bits per heavy atom. The lowest BCUT2D eigenvalue weighted by atomic mass is 10.2. The van der Waals surface area contributed by atoms with Gasteiger partial charge in [-0.2, -0.15) is 0 Å². The average molecular weight is 337 g/mol. The number of benzene rings is 1. The molecule has 6 heteroatoms. The first-order chi connectivity index (χ1) is 12.1. The van der Waals surface area contributed by atoms with Crippen molar-refractivity contribution < 1.29 is 4.39 Å². The fraction of sp³-hybridized carbons (Fsp3) is 0.211. The monoisotopic (exact) mass is 337 g/mol. The van der Waals surface area contributed by atoms with Gasteiger partial charge in [0.15, 0.2) is 0 Å². The summed E-state index contributed by atoms with van der Waals surface area (Å²) in [6, 6.07) is 12.2. The smallest absolute Gasteiger partial charge is 0.136 e. The highest BCUT2D eigenvalue weighted by molar-refractivity contribution is 5.59. The van der Waals surface area contributed by atoms with Gasteiger partial charge in [-0.25, -0.2) is 14.4 Å². The highest BCUT2D eigenvalue weighted by Crippen LogP contribution is 2.20. The summed E-state index contributed by atoms with van der Waals surface area (Å²) < 4.78 is 13.3. The third kappa shape index (κ3) is 4.73. The standard InChI is InChI=1S/C19H20FN5/c1-14-22-18(24-17-5-3-4-16(20)12-17)13-19(23-14)25(2)11-8-15-6-9-21-10-7-15/h3-7,9-10,12-13H,8,11H2,1-2H3,(H,22,23,24). The Kier molecular flexibility index (Phi) is 5.18.